The molecule has 0 aromatic heterocycles. The van der Waals surface area contributed by atoms with Crippen molar-refractivity contribution < 1.29 is 4.74 Å². The minimum Gasteiger partial charge on any atom is -0.362 e. The first-order valence-corrected chi connectivity index (χ1v) is 15.1. The molecule has 0 N–H and O–H groups in total. The Kier molecular flexibility index (Phi) is 17.4. The van der Waals surface area contributed by atoms with Crippen molar-refractivity contribution in [3.8, 4) is 0 Å². The van der Waals surface area contributed by atoms with Crippen LogP contribution in [-0.2, 0) is 4.74 Å². The van der Waals surface area contributed by atoms with Gasteiger partial charge in [-0.3, -0.25) is 0 Å². The summed E-state index contributed by atoms with van der Waals surface area (Å²) in [4.78, 5) is 0. The van der Waals surface area contributed by atoms with Gasteiger partial charge in [0, 0.05) is 0 Å². The van der Waals surface area contributed by atoms with E-state index in [0.717, 1.165) is 25.7 Å². The molecule has 1 aliphatic rings. The number of hydrogen-bond donors (Lipinski definition) is 0. The van der Waals surface area contributed by atoms with Gasteiger partial charge in [0.25, 0.3) is 0 Å². The average molecular weight is 553 g/mol. The lowest BCUT2D eigenvalue weighted by molar-refractivity contribution is 0.304. The van der Waals surface area contributed by atoms with E-state index in [4.69, 9.17) is 4.74 Å². The van der Waals surface area contributed by atoms with E-state index in [0.29, 0.717) is 0 Å². The molecule has 0 aliphatic carbocycles. The predicted molar refractivity (Wildman–Crippen MR) is 185 cm³/mol. The third-order valence-corrected chi connectivity index (χ3v) is 6.76. The van der Waals surface area contributed by atoms with Crippen LogP contribution in [-0.4, -0.2) is 11.7 Å². The molecule has 0 aromatic rings. The van der Waals surface area contributed by atoms with Gasteiger partial charge in [-0.1, -0.05) is 142 Å². The van der Waals surface area contributed by atoms with E-state index >= 15 is 0 Å². The van der Waals surface area contributed by atoms with Crippen LogP contribution >= 0.6 is 0 Å². The van der Waals surface area contributed by atoms with Crippen LogP contribution in [0.5, 0.6) is 0 Å². The van der Waals surface area contributed by atoms with Crippen LogP contribution in [0.2, 0.25) is 0 Å². The highest BCUT2D eigenvalue weighted by Gasteiger charge is 2.49. The van der Waals surface area contributed by atoms with Crippen LogP contribution < -0.4 is 0 Å². The van der Waals surface area contributed by atoms with E-state index in [1.54, 1.807) is 0 Å². The number of rotatable bonds is 16. The number of hydrogen-bond acceptors (Lipinski definition) is 1. The van der Waals surface area contributed by atoms with Gasteiger partial charge in [-0.25, -0.2) is 0 Å². The van der Waals surface area contributed by atoms with Crippen molar-refractivity contribution in [3.63, 3.8) is 0 Å². The van der Waals surface area contributed by atoms with Crippen LogP contribution in [0.25, 0.3) is 0 Å². The Bertz CT molecular complexity index is 1190. The third-order valence-electron chi connectivity index (χ3n) is 6.76. The zero-order valence-electron chi connectivity index (χ0n) is 27.6. The number of ether oxygens (including phenoxy) is 1. The van der Waals surface area contributed by atoms with Crippen LogP contribution in [0.3, 0.4) is 0 Å². The first kappa shape index (κ1) is 35.9. The summed E-state index contributed by atoms with van der Waals surface area (Å²) in [5.74, 6) is 0. The molecule has 1 saturated heterocycles. The minimum atomic E-state index is 0.00173. The lowest BCUT2D eigenvalue weighted by Gasteiger charge is -2.02. The van der Waals surface area contributed by atoms with Gasteiger partial charge in [0.05, 0.1) is 5.60 Å². The predicted octanol–water partition coefficient (Wildman–Crippen LogP) is 12.1. The minimum absolute atomic E-state index is 0.00173. The lowest BCUT2D eigenvalue weighted by atomic mass is 10.00. The molecule has 41 heavy (non-hydrogen) atoms. The van der Waals surface area contributed by atoms with E-state index in [1.165, 1.54) is 39.0 Å². The zero-order chi connectivity index (χ0) is 30.7. The lowest BCUT2D eigenvalue weighted by Crippen LogP contribution is -2.07. The molecule has 0 radical (unpaired) electrons. The highest BCUT2D eigenvalue weighted by molar-refractivity contribution is 5.32. The average Bonchev–Trinajstić information content (AvgIpc) is 3.54. The van der Waals surface area contributed by atoms with Crippen molar-refractivity contribution >= 4 is 0 Å². The molecule has 1 aliphatic heterocycles. The molecule has 1 rings (SSSR count). The second kappa shape index (κ2) is 19.8. The second-order valence-electron chi connectivity index (χ2n) is 12.0. The Morgan fingerprint density at radius 1 is 0.561 bits per heavy atom. The summed E-state index contributed by atoms with van der Waals surface area (Å²) >= 11 is 0. The molecule has 0 amide bonds. The Hall–Kier alpha value is -3.16. The summed E-state index contributed by atoms with van der Waals surface area (Å²) < 4.78 is 5.92. The molecular formula is C40H56O. The van der Waals surface area contributed by atoms with Gasteiger partial charge in [0.15, 0.2) is 0 Å². The van der Waals surface area contributed by atoms with E-state index in [1.807, 2.05) is 0 Å². The van der Waals surface area contributed by atoms with Gasteiger partial charge >= 0.3 is 0 Å². The van der Waals surface area contributed by atoms with Crippen molar-refractivity contribution in [1.29, 1.82) is 0 Å². The van der Waals surface area contributed by atoms with E-state index in [2.05, 4.69) is 173 Å². The summed E-state index contributed by atoms with van der Waals surface area (Å²) in [6.07, 6.45) is 41.3. The Morgan fingerprint density at radius 3 is 1.51 bits per heavy atom. The largest absolute Gasteiger partial charge is 0.362 e. The van der Waals surface area contributed by atoms with Crippen LogP contribution in [0.4, 0.5) is 0 Å². The van der Waals surface area contributed by atoms with Crippen molar-refractivity contribution in [2.75, 3.05) is 0 Å². The summed E-state index contributed by atoms with van der Waals surface area (Å²) in [5.41, 5.74) is 9.04. The van der Waals surface area contributed by atoms with E-state index in [9.17, 15) is 0 Å². The smallest absolute Gasteiger partial charge is 0.105 e. The molecular weight excluding hydrogens is 496 g/mol. The maximum Gasteiger partial charge on any atom is 0.105 e. The molecule has 0 aromatic carbocycles. The standard InChI is InChI=1S/C40H56O/c1-32(2)18-13-22-36(7)25-15-27-37(8)26-14-23-34(5)20-11-12-21-35(6)24-16-28-38(9)29-30-39-40(10,41-39)31-17-19-33(3)4/h11-12,14-16,18-21,23-30,39H,13,17,22,31H2,1-10H3/b12-11+,23-14+,24-16+,27-15+,30-29+,34-20+,35-21+,36-25+,37-26+,38-28+/t39-,40-/m1/s1. The molecule has 0 unspecified atom stereocenters. The van der Waals surface area contributed by atoms with Gasteiger partial charge in [-0.2, -0.15) is 0 Å². The van der Waals surface area contributed by atoms with Gasteiger partial charge in [-0.15, -0.1) is 0 Å². The van der Waals surface area contributed by atoms with Crippen LogP contribution in [0.1, 0.15) is 94.9 Å². The Balaban J connectivity index is 2.48. The van der Waals surface area contributed by atoms with Gasteiger partial charge < -0.3 is 4.74 Å². The summed E-state index contributed by atoms with van der Waals surface area (Å²) in [6, 6.07) is 0. The summed E-state index contributed by atoms with van der Waals surface area (Å²) in [6.45, 7) is 21.5. The number of epoxide rings is 1. The van der Waals surface area contributed by atoms with Crippen molar-refractivity contribution in [2.45, 2.75) is 107 Å². The van der Waals surface area contributed by atoms with Crippen molar-refractivity contribution in [2.24, 2.45) is 0 Å². The molecule has 1 nitrogen and oxygen atoms in total. The van der Waals surface area contributed by atoms with E-state index < -0.39 is 0 Å². The zero-order valence-corrected chi connectivity index (χ0v) is 27.6. The van der Waals surface area contributed by atoms with Crippen molar-refractivity contribution in [1.82, 2.24) is 0 Å². The van der Waals surface area contributed by atoms with Gasteiger partial charge in [-0.05, 0) is 94.9 Å². The maximum atomic E-state index is 5.92. The third kappa shape index (κ3) is 18.7. The van der Waals surface area contributed by atoms with Crippen LogP contribution in [0.15, 0.2) is 142 Å². The highest BCUT2D eigenvalue weighted by Crippen LogP contribution is 2.41. The maximum absolute atomic E-state index is 5.92. The SMILES string of the molecule is CC(C)=CCC/C(C)=C/C=C/C(C)=C/C=C/C(C)=C/C=C/C=C(C)/C=C/C=C(C)/C=C/[C@H]1O[C@]1(C)CCC=C(C)C. The number of allylic oxidation sites excluding steroid dienone is 23. The second-order valence-corrected chi connectivity index (χ2v) is 12.0. The highest BCUT2D eigenvalue weighted by atomic mass is 16.6. The molecule has 0 spiro atoms. The molecule has 1 fully saturated rings. The van der Waals surface area contributed by atoms with Gasteiger partial charge in [0.2, 0.25) is 0 Å². The Labute approximate surface area is 253 Å². The van der Waals surface area contributed by atoms with E-state index in [-0.39, 0.29) is 11.7 Å². The molecule has 1 heteroatoms. The summed E-state index contributed by atoms with van der Waals surface area (Å²) in [7, 11) is 0. The molecule has 0 bridgehead atoms. The molecule has 222 valence electrons. The molecule has 2 atom stereocenters. The molecule has 1 heterocycles. The fourth-order valence-corrected chi connectivity index (χ4v) is 3.96. The topological polar surface area (TPSA) is 12.5 Å². The first-order valence-electron chi connectivity index (χ1n) is 15.1. The van der Waals surface area contributed by atoms with Gasteiger partial charge in [0.1, 0.15) is 6.10 Å². The summed E-state index contributed by atoms with van der Waals surface area (Å²) in [5, 5.41) is 0. The monoisotopic (exact) mass is 552 g/mol. The Morgan fingerprint density at radius 2 is 1.00 bits per heavy atom. The van der Waals surface area contributed by atoms with Crippen molar-refractivity contribution in [3.05, 3.63) is 142 Å². The van der Waals surface area contributed by atoms with Crippen LogP contribution in [0, 0.1) is 0 Å². The normalized spacial score (nSPS) is 21.3. The fraction of sp³-hybridized carbons (Fsp3) is 0.400. The fourth-order valence-electron chi connectivity index (χ4n) is 3.96. The quantitative estimate of drug-likeness (QED) is 0.105. The first-order chi connectivity index (χ1) is 19.4. The molecule has 0 saturated carbocycles.